The molecule has 1 unspecified atom stereocenters. The van der Waals surface area contributed by atoms with Crippen LogP contribution in [-0.2, 0) is 11.3 Å². The molecule has 1 heterocycles. The van der Waals surface area contributed by atoms with Gasteiger partial charge in [0.2, 0.25) is 0 Å². The monoisotopic (exact) mass is 353 g/mol. The molecule has 0 saturated carbocycles. The highest BCUT2D eigenvalue weighted by Crippen LogP contribution is 2.26. The molecule has 1 fully saturated rings. The highest BCUT2D eigenvalue weighted by molar-refractivity contribution is 6.30. The number of aldehydes is 1. The number of piperidine rings is 1. The molecule has 0 aromatic heterocycles. The van der Waals surface area contributed by atoms with Gasteiger partial charge in [-0.2, -0.15) is 0 Å². The number of carbonyl (C=O) groups is 2. The second-order valence-corrected chi connectivity index (χ2v) is 6.52. The first-order chi connectivity index (χ1) is 11.5. The third-order valence-electron chi connectivity index (χ3n) is 4.61. The normalized spacial score (nSPS) is 17.4. The van der Waals surface area contributed by atoms with E-state index in [1.54, 1.807) is 7.05 Å². The molecule has 1 amide bonds. The van der Waals surface area contributed by atoms with Gasteiger partial charge in [0.1, 0.15) is 6.29 Å². The number of hydrazine groups is 1. The molecule has 0 spiro atoms. The van der Waals surface area contributed by atoms with E-state index in [1.165, 1.54) is 5.56 Å². The van der Waals surface area contributed by atoms with Crippen LogP contribution in [0.25, 0.3) is 0 Å². The molecule has 2 rings (SSSR count). The second kappa shape index (κ2) is 9.01. The van der Waals surface area contributed by atoms with E-state index in [0.717, 1.165) is 48.8 Å². The number of halogens is 1. The van der Waals surface area contributed by atoms with Crippen LogP contribution >= 0.6 is 11.6 Å². The number of hydrogen-bond acceptors (Lipinski definition) is 4. The molecule has 1 atom stereocenters. The fraction of sp³-hybridized carbons (Fsp3) is 0.529. The molecule has 1 aliphatic heterocycles. The van der Waals surface area contributed by atoms with Gasteiger partial charge in [-0.25, -0.2) is 15.2 Å². The van der Waals surface area contributed by atoms with Crippen LogP contribution in [0.2, 0.25) is 5.02 Å². The molecular formula is C17H24ClN3O3. The van der Waals surface area contributed by atoms with E-state index < -0.39 is 6.09 Å². The van der Waals surface area contributed by atoms with Crippen molar-refractivity contribution in [2.75, 3.05) is 20.1 Å². The Morgan fingerprint density at radius 2 is 2.04 bits per heavy atom. The van der Waals surface area contributed by atoms with Crippen LogP contribution < -0.4 is 5.43 Å². The van der Waals surface area contributed by atoms with E-state index >= 15 is 0 Å². The zero-order valence-electron chi connectivity index (χ0n) is 13.8. The number of benzene rings is 1. The lowest BCUT2D eigenvalue weighted by atomic mass is 9.87. The van der Waals surface area contributed by atoms with Gasteiger partial charge >= 0.3 is 6.09 Å². The summed E-state index contributed by atoms with van der Waals surface area (Å²) in [7, 11) is 1.57. The highest BCUT2D eigenvalue weighted by atomic mass is 35.5. The Morgan fingerprint density at radius 3 is 2.54 bits per heavy atom. The van der Waals surface area contributed by atoms with Crippen molar-refractivity contribution in [3.05, 3.63) is 34.9 Å². The van der Waals surface area contributed by atoms with Crippen LogP contribution in [0.15, 0.2) is 24.3 Å². The van der Waals surface area contributed by atoms with Crippen molar-refractivity contribution >= 4 is 24.0 Å². The fourth-order valence-corrected chi connectivity index (χ4v) is 3.48. The lowest BCUT2D eigenvalue weighted by molar-refractivity contribution is -0.109. The summed E-state index contributed by atoms with van der Waals surface area (Å²) < 4.78 is 0. The minimum Gasteiger partial charge on any atom is -0.464 e. The molecule has 1 aliphatic rings. The quantitative estimate of drug-likeness (QED) is 0.582. The largest absolute Gasteiger partial charge is 0.464 e. The Kier molecular flexibility index (Phi) is 7.02. The molecule has 0 radical (unpaired) electrons. The van der Waals surface area contributed by atoms with Crippen molar-refractivity contribution < 1.29 is 14.7 Å². The molecule has 132 valence electrons. The van der Waals surface area contributed by atoms with E-state index in [0.29, 0.717) is 0 Å². The summed E-state index contributed by atoms with van der Waals surface area (Å²) in [5.74, 6) is 0.181. The zero-order valence-corrected chi connectivity index (χ0v) is 14.6. The van der Waals surface area contributed by atoms with E-state index in [9.17, 15) is 14.7 Å². The molecule has 24 heavy (non-hydrogen) atoms. The maximum absolute atomic E-state index is 11.3. The van der Waals surface area contributed by atoms with Crippen LogP contribution in [-0.4, -0.2) is 53.6 Å². The van der Waals surface area contributed by atoms with Crippen molar-refractivity contribution in [3.8, 4) is 0 Å². The molecule has 6 nitrogen and oxygen atoms in total. The van der Waals surface area contributed by atoms with Crippen molar-refractivity contribution in [1.29, 1.82) is 0 Å². The van der Waals surface area contributed by atoms with Gasteiger partial charge in [0.05, 0.1) is 6.04 Å². The lowest BCUT2D eigenvalue weighted by Gasteiger charge is -2.39. The van der Waals surface area contributed by atoms with Gasteiger partial charge in [-0.05, 0) is 49.5 Å². The molecule has 7 heteroatoms. The van der Waals surface area contributed by atoms with E-state index in [2.05, 4.69) is 10.3 Å². The smallest absolute Gasteiger partial charge is 0.422 e. The van der Waals surface area contributed by atoms with Gasteiger partial charge < -0.3 is 9.90 Å². The number of nitrogens with zero attached hydrogens (tertiary/aromatic N) is 2. The molecule has 0 bridgehead atoms. The Balaban J connectivity index is 1.92. The van der Waals surface area contributed by atoms with Gasteiger partial charge in [-0.3, -0.25) is 4.90 Å². The van der Waals surface area contributed by atoms with E-state index in [1.807, 2.05) is 24.3 Å². The zero-order chi connectivity index (χ0) is 17.5. The number of nitrogens with one attached hydrogen (secondary N) is 1. The van der Waals surface area contributed by atoms with Crippen LogP contribution in [0.4, 0.5) is 4.79 Å². The molecule has 0 aliphatic carbocycles. The topological polar surface area (TPSA) is 72.9 Å². The second-order valence-electron chi connectivity index (χ2n) is 6.09. The minimum atomic E-state index is -1.05. The SMILES string of the molecule is CNN(C(=O)O)C(CC=O)C1CCN(Cc2ccc(Cl)cc2)CC1. The van der Waals surface area contributed by atoms with Gasteiger partial charge in [0.15, 0.2) is 0 Å². The van der Waals surface area contributed by atoms with E-state index in [4.69, 9.17) is 11.6 Å². The van der Waals surface area contributed by atoms with Gasteiger partial charge in [-0.1, -0.05) is 23.7 Å². The highest BCUT2D eigenvalue weighted by Gasteiger charge is 2.32. The Hall–Kier alpha value is -1.63. The Bertz CT molecular complexity index is 545. The number of carbonyl (C=O) groups excluding carboxylic acids is 1. The first kappa shape index (κ1) is 18.7. The average Bonchev–Trinajstić information content (AvgIpc) is 2.57. The Labute approximate surface area is 147 Å². The first-order valence-corrected chi connectivity index (χ1v) is 8.53. The third kappa shape index (κ3) is 4.93. The average molecular weight is 354 g/mol. The Morgan fingerprint density at radius 1 is 1.42 bits per heavy atom. The van der Waals surface area contributed by atoms with Crippen LogP contribution in [0.5, 0.6) is 0 Å². The summed E-state index contributed by atoms with van der Waals surface area (Å²) in [6.07, 6.45) is 1.72. The minimum absolute atomic E-state index is 0.181. The number of amides is 1. The summed E-state index contributed by atoms with van der Waals surface area (Å²) in [5, 5.41) is 11.2. The van der Waals surface area contributed by atoms with Crippen LogP contribution in [0, 0.1) is 5.92 Å². The lowest BCUT2D eigenvalue weighted by Crippen LogP contribution is -2.52. The van der Waals surface area contributed by atoms with Crippen molar-refractivity contribution in [1.82, 2.24) is 15.3 Å². The summed E-state index contributed by atoms with van der Waals surface area (Å²) in [6, 6.07) is 7.51. The van der Waals surface area contributed by atoms with Crippen molar-refractivity contribution in [2.45, 2.75) is 31.8 Å². The van der Waals surface area contributed by atoms with Gasteiger partial charge in [0.25, 0.3) is 0 Å². The number of likely N-dealkylation sites (tertiary alicyclic amines) is 1. The van der Waals surface area contributed by atoms with Crippen LogP contribution in [0.3, 0.4) is 0 Å². The fourth-order valence-electron chi connectivity index (χ4n) is 3.35. The summed E-state index contributed by atoms with van der Waals surface area (Å²) >= 11 is 5.91. The predicted molar refractivity (Wildman–Crippen MR) is 92.8 cm³/mol. The molecule has 1 aromatic carbocycles. The summed E-state index contributed by atoms with van der Waals surface area (Å²) in [4.78, 5) is 24.7. The first-order valence-electron chi connectivity index (χ1n) is 8.15. The molecule has 1 aromatic rings. The number of carboxylic acid groups (broad SMARTS) is 1. The number of hydrogen-bond donors (Lipinski definition) is 2. The van der Waals surface area contributed by atoms with Crippen molar-refractivity contribution in [3.63, 3.8) is 0 Å². The van der Waals surface area contributed by atoms with Gasteiger partial charge in [0, 0.05) is 25.0 Å². The van der Waals surface area contributed by atoms with E-state index in [-0.39, 0.29) is 18.4 Å². The molecular weight excluding hydrogens is 330 g/mol. The van der Waals surface area contributed by atoms with Crippen molar-refractivity contribution in [2.24, 2.45) is 5.92 Å². The van der Waals surface area contributed by atoms with Crippen LogP contribution in [0.1, 0.15) is 24.8 Å². The number of rotatable bonds is 7. The van der Waals surface area contributed by atoms with Gasteiger partial charge in [-0.15, -0.1) is 0 Å². The predicted octanol–water partition coefficient (Wildman–Crippen LogP) is 2.62. The summed E-state index contributed by atoms with van der Waals surface area (Å²) in [5.41, 5.74) is 3.90. The maximum Gasteiger partial charge on any atom is 0.422 e. The summed E-state index contributed by atoms with van der Waals surface area (Å²) in [6.45, 7) is 2.64. The third-order valence-corrected chi connectivity index (χ3v) is 4.86. The molecule has 1 saturated heterocycles. The standard InChI is InChI=1S/C17H24ClN3O3/c1-19-21(17(23)24)16(8-11-22)14-6-9-20(10-7-14)12-13-2-4-15(18)5-3-13/h2-5,11,14,16,19H,6-10,12H2,1H3,(H,23,24). The maximum atomic E-state index is 11.3. The molecule has 2 N–H and O–H groups in total.